The molecule has 7 nitrogen and oxygen atoms in total. The Morgan fingerprint density at radius 2 is 2.03 bits per heavy atom. The lowest BCUT2D eigenvalue weighted by Gasteiger charge is -2.38. The maximum atomic E-state index is 12.9. The van der Waals surface area contributed by atoms with E-state index in [1.807, 2.05) is 22.9 Å². The molecule has 7 heteroatoms. The van der Waals surface area contributed by atoms with E-state index in [0.717, 1.165) is 40.9 Å². The van der Waals surface area contributed by atoms with Crippen molar-refractivity contribution in [1.29, 1.82) is 0 Å². The Bertz CT molecular complexity index is 1260. The van der Waals surface area contributed by atoms with E-state index in [2.05, 4.69) is 25.3 Å². The Hall–Kier alpha value is -3.09. The topological polar surface area (TPSA) is 75.3 Å². The molecule has 1 aliphatic carbocycles. The molecule has 1 unspecified atom stereocenters. The van der Waals surface area contributed by atoms with E-state index < -0.39 is 5.97 Å². The van der Waals surface area contributed by atoms with Crippen LogP contribution in [0.25, 0.3) is 22.3 Å². The van der Waals surface area contributed by atoms with Crippen molar-refractivity contribution in [2.24, 2.45) is 5.41 Å². The molecule has 2 aromatic heterocycles. The third-order valence-electron chi connectivity index (χ3n) is 6.58. The Morgan fingerprint density at radius 1 is 1.25 bits per heavy atom. The minimum atomic E-state index is -0.583. The first kappa shape index (κ1) is 20.8. The fraction of sp³-hybridized carbons (Fsp3) is 0.480. The van der Waals surface area contributed by atoms with Crippen LogP contribution in [0.2, 0.25) is 0 Å². The molecular formula is C25H29N3O4. The van der Waals surface area contributed by atoms with Crippen LogP contribution in [-0.4, -0.2) is 33.0 Å². The van der Waals surface area contributed by atoms with E-state index in [9.17, 15) is 9.59 Å². The molecule has 0 radical (unpaired) electrons. The van der Waals surface area contributed by atoms with Gasteiger partial charge in [-0.05, 0) is 37.7 Å². The number of pyridine rings is 1. The molecule has 168 valence electrons. The van der Waals surface area contributed by atoms with E-state index in [1.54, 1.807) is 19.2 Å². The molecule has 1 aromatic carbocycles. The van der Waals surface area contributed by atoms with Gasteiger partial charge in [0, 0.05) is 17.6 Å². The molecule has 0 spiro atoms. The zero-order chi connectivity index (χ0) is 22.6. The lowest BCUT2D eigenvalue weighted by atomic mass is 9.85. The highest BCUT2D eigenvalue weighted by Crippen LogP contribution is 2.43. The first-order chi connectivity index (χ1) is 15.3. The lowest BCUT2D eigenvalue weighted by molar-refractivity contribution is 0.0522. The Balaban J connectivity index is 1.71. The van der Waals surface area contributed by atoms with Crippen LogP contribution in [0.15, 0.2) is 35.3 Å². The molecule has 0 amide bonds. The number of benzene rings is 1. The number of rotatable bonds is 4. The van der Waals surface area contributed by atoms with Crippen LogP contribution in [0.4, 0.5) is 0 Å². The number of aromatic nitrogens is 3. The highest BCUT2D eigenvalue weighted by Gasteiger charge is 2.36. The van der Waals surface area contributed by atoms with Gasteiger partial charge in [0.2, 0.25) is 0 Å². The zero-order valence-electron chi connectivity index (χ0n) is 19.1. The predicted molar refractivity (Wildman–Crippen MR) is 122 cm³/mol. The summed E-state index contributed by atoms with van der Waals surface area (Å²) < 4.78 is 15.4. The number of hydrogen-bond donors (Lipinski definition) is 0. The summed E-state index contributed by atoms with van der Waals surface area (Å²) in [6.07, 6.45) is 5.27. The molecule has 2 aliphatic rings. The minimum absolute atomic E-state index is 0.00379. The van der Waals surface area contributed by atoms with Crippen molar-refractivity contribution in [3.05, 3.63) is 46.2 Å². The van der Waals surface area contributed by atoms with Gasteiger partial charge in [0.1, 0.15) is 16.8 Å². The fourth-order valence-corrected chi connectivity index (χ4v) is 4.59. The summed E-state index contributed by atoms with van der Waals surface area (Å²) >= 11 is 0. The van der Waals surface area contributed by atoms with Crippen molar-refractivity contribution in [3.63, 3.8) is 0 Å². The van der Waals surface area contributed by atoms with Crippen molar-refractivity contribution in [3.8, 4) is 17.1 Å². The first-order valence-electron chi connectivity index (χ1n) is 11.4. The molecule has 3 aromatic rings. The normalized spacial score (nSPS) is 18.1. The maximum absolute atomic E-state index is 12.9. The number of carbonyl (C=O) groups is 1. The van der Waals surface area contributed by atoms with Gasteiger partial charge in [0.05, 0.1) is 36.7 Å². The monoisotopic (exact) mass is 435 g/mol. The van der Waals surface area contributed by atoms with E-state index in [-0.39, 0.29) is 35.2 Å². The Morgan fingerprint density at radius 3 is 2.69 bits per heavy atom. The summed E-state index contributed by atoms with van der Waals surface area (Å²) in [5, 5.41) is 5.88. The molecule has 1 fully saturated rings. The smallest absolute Gasteiger partial charge is 0.343 e. The van der Waals surface area contributed by atoms with Crippen LogP contribution < -0.4 is 10.2 Å². The van der Waals surface area contributed by atoms with E-state index in [1.165, 1.54) is 6.42 Å². The second kappa shape index (κ2) is 7.50. The molecular weight excluding hydrogens is 406 g/mol. The number of carbonyl (C=O) groups excluding carboxylic acids is 1. The number of esters is 1. The average Bonchev–Trinajstić information content (AvgIpc) is 3.08. The number of fused-ring (bicyclic) bond motifs is 5. The van der Waals surface area contributed by atoms with Crippen molar-refractivity contribution in [1.82, 2.24) is 14.3 Å². The summed E-state index contributed by atoms with van der Waals surface area (Å²) in [5.74, 6) is 0.207. The van der Waals surface area contributed by atoms with Gasteiger partial charge in [-0.1, -0.05) is 32.9 Å². The van der Waals surface area contributed by atoms with Crippen LogP contribution >= 0.6 is 0 Å². The van der Waals surface area contributed by atoms with Crippen LogP contribution in [-0.2, 0) is 11.3 Å². The van der Waals surface area contributed by atoms with Crippen LogP contribution in [0, 0.1) is 5.41 Å². The molecule has 1 atom stereocenters. The summed E-state index contributed by atoms with van der Waals surface area (Å²) in [7, 11) is 0. The molecule has 5 rings (SSSR count). The molecule has 1 aliphatic heterocycles. The van der Waals surface area contributed by atoms with Crippen LogP contribution in [0.5, 0.6) is 5.75 Å². The average molecular weight is 436 g/mol. The van der Waals surface area contributed by atoms with Gasteiger partial charge in [-0.15, -0.1) is 0 Å². The van der Waals surface area contributed by atoms with Gasteiger partial charge in [0.15, 0.2) is 5.43 Å². The largest absolute Gasteiger partial charge is 0.488 e. The summed E-state index contributed by atoms with van der Waals surface area (Å²) in [6, 6.07) is 7.52. The van der Waals surface area contributed by atoms with Crippen molar-refractivity contribution >= 4 is 16.9 Å². The Labute approximate surface area is 186 Å². The Kier molecular flexibility index (Phi) is 4.87. The standard InChI is InChI=1S/C25H29N3O4/c1-5-31-24(30)17-13-27-18(12-19(17)29)23-16-10-7-11-20(32-15-8-6-9-15)22(16)26-28(23)14-21(27)25(2,3)4/h7,10-13,15,21H,5-6,8-9,14H2,1-4H3. The summed E-state index contributed by atoms with van der Waals surface area (Å²) in [5.41, 5.74) is 2.06. The third kappa shape index (κ3) is 3.31. The molecule has 32 heavy (non-hydrogen) atoms. The van der Waals surface area contributed by atoms with Gasteiger partial charge in [-0.2, -0.15) is 5.10 Å². The molecule has 3 heterocycles. The minimum Gasteiger partial charge on any atom is -0.488 e. The maximum Gasteiger partial charge on any atom is 0.343 e. The van der Waals surface area contributed by atoms with Crippen molar-refractivity contribution < 1.29 is 14.3 Å². The second-order valence-corrected chi connectivity index (χ2v) is 9.80. The van der Waals surface area contributed by atoms with Crippen LogP contribution in [0.3, 0.4) is 0 Å². The molecule has 1 saturated carbocycles. The van der Waals surface area contributed by atoms with Gasteiger partial charge in [-0.25, -0.2) is 4.79 Å². The van der Waals surface area contributed by atoms with Gasteiger partial charge >= 0.3 is 5.97 Å². The van der Waals surface area contributed by atoms with E-state index in [4.69, 9.17) is 14.6 Å². The fourth-order valence-electron chi connectivity index (χ4n) is 4.59. The van der Waals surface area contributed by atoms with Crippen molar-refractivity contribution in [2.75, 3.05) is 6.61 Å². The van der Waals surface area contributed by atoms with E-state index in [0.29, 0.717) is 6.54 Å². The van der Waals surface area contributed by atoms with Gasteiger partial charge in [0.25, 0.3) is 0 Å². The third-order valence-corrected chi connectivity index (χ3v) is 6.58. The SMILES string of the molecule is CCOC(=O)c1cn2c(cc1=O)-c1c3cccc(OC4CCC4)c3nn1CC2C(C)(C)C. The quantitative estimate of drug-likeness (QED) is 0.561. The number of hydrogen-bond acceptors (Lipinski definition) is 5. The highest BCUT2D eigenvalue weighted by atomic mass is 16.5. The first-order valence-corrected chi connectivity index (χ1v) is 11.4. The zero-order valence-corrected chi connectivity index (χ0v) is 19.1. The van der Waals surface area contributed by atoms with E-state index >= 15 is 0 Å². The number of nitrogens with zero attached hydrogens (tertiary/aromatic N) is 3. The highest BCUT2D eigenvalue weighted by molar-refractivity contribution is 5.97. The molecule has 0 N–H and O–H groups in total. The van der Waals surface area contributed by atoms with Crippen LogP contribution in [0.1, 0.15) is 63.4 Å². The van der Waals surface area contributed by atoms with Gasteiger partial charge in [-0.3, -0.25) is 9.48 Å². The predicted octanol–water partition coefficient (Wildman–Crippen LogP) is 4.57. The summed E-state index contributed by atoms with van der Waals surface area (Å²) in [6.45, 7) is 9.06. The lowest BCUT2D eigenvalue weighted by Crippen LogP contribution is -2.35. The summed E-state index contributed by atoms with van der Waals surface area (Å²) in [4.78, 5) is 25.3. The van der Waals surface area contributed by atoms with Gasteiger partial charge < -0.3 is 14.0 Å². The molecule has 0 saturated heterocycles. The van der Waals surface area contributed by atoms with Crippen molar-refractivity contribution in [2.45, 2.75) is 65.6 Å². The molecule has 0 bridgehead atoms. The second-order valence-electron chi connectivity index (χ2n) is 9.80. The number of ether oxygens (including phenoxy) is 2.